The Bertz CT molecular complexity index is 408. The van der Waals surface area contributed by atoms with Gasteiger partial charge in [0, 0.05) is 19.6 Å². The van der Waals surface area contributed by atoms with E-state index >= 15 is 0 Å². The van der Waals surface area contributed by atoms with Gasteiger partial charge in [0.2, 0.25) is 0 Å². The molecule has 2 rings (SSSR count). The van der Waals surface area contributed by atoms with E-state index in [0.29, 0.717) is 11.6 Å². The lowest BCUT2D eigenvalue weighted by Gasteiger charge is -2.31. The molecule has 0 radical (unpaired) electrons. The molecule has 0 aliphatic carbocycles. The van der Waals surface area contributed by atoms with Gasteiger partial charge in [-0.1, -0.05) is 19.1 Å². The Morgan fingerprint density at radius 2 is 2.50 bits per heavy atom. The Hall–Kier alpha value is -1.05. The Morgan fingerprint density at radius 3 is 3.22 bits per heavy atom. The lowest BCUT2D eigenvalue weighted by atomic mass is 10.2. The number of aromatic nitrogens is 3. The number of ether oxygens (including phenoxy) is 1. The average Bonchev–Trinajstić information content (AvgIpc) is 2.77. The van der Waals surface area contributed by atoms with Gasteiger partial charge in [-0.2, -0.15) is 5.10 Å². The van der Waals surface area contributed by atoms with Crippen molar-refractivity contribution < 1.29 is 4.74 Å². The zero-order chi connectivity index (χ0) is 13.0. The highest BCUT2D eigenvalue weighted by molar-refractivity contribution is 7.80. The van der Waals surface area contributed by atoms with Crippen LogP contribution in [0.4, 0.5) is 0 Å². The first-order valence-corrected chi connectivity index (χ1v) is 6.61. The number of aryl methyl sites for hydroxylation is 1. The van der Waals surface area contributed by atoms with E-state index in [1.807, 2.05) is 4.68 Å². The van der Waals surface area contributed by atoms with Gasteiger partial charge < -0.3 is 10.5 Å². The summed E-state index contributed by atoms with van der Waals surface area (Å²) in [6, 6.07) is 0. The van der Waals surface area contributed by atoms with Crippen LogP contribution >= 0.6 is 12.2 Å². The fraction of sp³-hybridized carbons (Fsp3) is 0.727. The van der Waals surface area contributed by atoms with Crippen LogP contribution in [0.1, 0.15) is 19.2 Å². The first kappa shape index (κ1) is 13.4. The predicted molar refractivity (Wildman–Crippen MR) is 72.1 cm³/mol. The summed E-state index contributed by atoms with van der Waals surface area (Å²) in [5.41, 5.74) is 5.63. The summed E-state index contributed by atoms with van der Waals surface area (Å²) in [5, 5.41) is 4.22. The van der Waals surface area contributed by atoms with Crippen molar-refractivity contribution in [2.24, 2.45) is 5.73 Å². The minimum Gasteiger partial charge on any atom is -0.391 e. The summed E-state index contributed by atoms with van der Waals surface area (Å²) >= 11 is 4.98. The van der Waals surface area contributed by atoms with Crippen LogP contribution in [0.2, 0.25) is 0 Å². The van der Waals surface area contributed by atoms with Crippen LogP contribution in [0.5, 0.6) is 0 Å². The third kappa shape index (κ3) is 3.24. The zero-order valence-electron chi connectivity index (χ0n) is 10.6. The summed E-state index contributed by atoms with van der Waals surface area (Å²) in [6.45, 7) is 6.06. The molecule has 1 saturated heterocycles. The molecule has 1 aliphatic heterocycles. The quantitative estimate of drug-likeness (QED) is 0.769. The Kier molecular flexibility index (Phi) is 4.62. The van der Waals surface area contributed by atoms with E-state index in [9.17, 15) is 0 Å². The molecule has 1 aromatic heterocycles. The summed E-state index contributed by atoms with van der Waals surface area (Å²) in [5.74, 6) is 0.987. The van der Waals surface area contributed by atoms with Gasteiger partial charge in [0.1, 0.15) is 23.2 Å². The zero-order valence-corrected chi connectivity index (χ0v) is 11.4. The van der Waals surface area contributed by atoms with Crippen molar-refractivity contribution in [1.82, 2.24) is 19.7 Å². The minimum absolute atomic E-state index is 0.142. The predicted octanol–water partition coefficient (Wildman–Crippen LogP) is 0.175. The maximum absolute atomic E-state index is 5.63. The second kappa shape index (κ2) is 6.21. The van der Waals surface area contributed by atoms with E-state index in [2.05, 4.69) is 21.9 Å². The van der Waals surface area contributed by atoms with E-state index in [1.165, 1.54) is 0 Å². The van der Waals surface area contributed by atoms with Crippen molar-refractivity contribution in [1.29, 1.82) is 0 Å². The summed E-state index contributed by atoms with van der Waals surface area (Å²) in [4.78, 5) is 6.98. The lowest BCUT2D eigenvalue weighted by Crippen LogP contribution is -2.47. The number of thiocarbonyl (C=S) groups is 1. The number of nitrogens with zero attached hydrogens (tertiary/aromatic N) is 4. The van der Waals surface area contributed by atoms with Crippen LogP contribution in [0.15, 0.2) is 6.33 Å². The summed E-state index contributed by atoms with van der Waals surface area (Å²) in [7, 11) is 0. The smallest absolute Gasteiger partial charge is 0.141 e. The Balaban J connectivity index is 1.96. The first-order chi connectivity index (χ1) is 8.70. The van der Waals surface area contributed by atoms with Crippen LogP contribution in [-0.2, 0) is 17.8 Å². The highest BCUT2D eigenvalue weighted by Crippen LogP contribution is 2.09. The fourth-order valence-corrected chi connectivity index (χ4v) is 2.17. The number of morpholine rings is 1. The van der Waals surface area contributed by atoms with Crippen molar-refractivity contribution in [3.63, 3.8) is 0 Å². The van der Waals surface area contributed by atoms with Gasteiger partial charge in [0.25, 0.3) is 0 Å². The standard InChI is InChI=1S/C11H19N5OS/c1-2-3-16-10(13-8-14-16)7-15-4-5-17-9(6-15)11(12)18/h8-9H,2-7H2,1H3,(H2,12,18). The number of nitrogens with two attached hydrogens (primary N) is 1. The molecule has 1 aliphatic rings. The largest absolute Gasteiger partial charge is 0.391 e. The summed E-state index contributed by atoms with van der Waals surface area (Å²) in [6.07, 6.45) is 2.52. The highest BCUT2D eigenvalue weighted by atomic mass is 32.1. The van der Waals surface area contributed by atoms with Gasteiger partial charge in [-0.05, 0) is 6.42 Å². The van der Waals surface area contributed by atoms with Gasteiger partial charge in [-0.15, -0.1) is 0 Å². The Labute approximate surface area is 112 Å². The second-order valence-electron chi connectivity index (χ2n) is 4.40. The van der Waals surface area contributed by atoms with Gasteiger partial charge in [0.05, 0.1) is 13.2 Å². The number of hydrogen-bond acceptors (Lipinski definition) is 5. The Morgan fingerprint density at radius 1 is 1.67 bits per heavy atom. The van der Waals surface area contributed by atoms with Crippen molar-refractivity contribution in [3.8, 4) is 0 Å². The maximum Gasteiger partial charge on any atom is 0.141 e. The van der Waals surface area contributed by atoms with Crippen LogP contribution < -0.4 is 5.73 Å². The SMILES string of the molecule is CCCn1ncnc1CN1CCOC(C(N)=S)C1. The molecule has 0 saturated carbocycles. The molecule has 18 heavy (non-hydrogen) atoms. The van der Waals surface area contributed by atoms with Crippen molar-refractivity contribution in [2.75, 3.05) is 19.7 Å². The number of hydrogen-bond donors (Lipinski definition) is 1. The van der Waals surface area contributed by atoms with Crippen LogP contribution in [-0.4, -0.2) is 50.5 Å². The molecule has 1 aromatic rings. The normalized spacial score (nSPS) is 21.1. The van der Waals surface area contributed by atoms with Gasteiger partial charge in [-0.3, -0.25) is 4.90 Å². The topological polar surface area (TPSA) is 69.2 Å². The van der Waals surface area contributed by atoms with Gasteiger partial charge >= 0.3 is 0 Å². The molecule has 6 nitrogen and oxygen atoms in total. The van der Waals surface area contributed by atoms with Gasteiger partial charge in [0.15, 0.2) is 0 Å². The third-order valence-electron chi connectivity index (χ3n) is 2.96. The molecule has 2 N–H and O–H groups in total. The monoisotopic (exact) mass is 269 g/mol. The molecule has 1 unspecified atom stereocenters. The van der Waals surface area contributed by atoms with E-state index in [0.717, 1.165) is 38.4 Å². The molecular weight excluding hydrogens is 250 g/mol. The van der Waals surface area contributed by atoms with Crippen molar-refractivity contribution >= 4 is 17.2 Å². The van der Waals surface area contributed by atoms with E-state index in [1.54, 1.807) is 6.33 Å². The fourth-order valence-electron chi connectivity index (χ4n) is 2.03. The van der Waals surface area contributed by atoms with Crippen LogP contribution in [0, 0.1) is 0 Å². The molecular formula is C11H19N5OS. The minimum atomic E-state index is -0.142. The van der Waals surface area contributed by atoms with Crippen molar-refractivity contribution in [2.45, 2.75) is 32.5 Å². The lowest BCUT2D eigenvalue weighted by molar-refractivity contribution is 0.00247. The molecule has 0 bridgehead atoms. The average molecular weight is 269 g/mol. The van der Waals surface area contributed by atoms with E-state index in [-0.39, 0.29) is 6.10 Å². The molecule has 100 valence electrons. The third-order valence-corrected chi connectivity index (χ3v) is 3.23. The van der Waals surface area contributed by atoms with Crippen LogP contribution in [0.3, 0.4) is 0 Å². The molecule has 2 heterocycles. The van der Waals surface area contributed by atoms with E-state index < -0.39 is 0 Å². The van der Waals surface area contributed by atoms with E-state index in [4.69, 9.17) is 22.7 Å². The molecule has 1 atom stereocenters. The molecule has 7 heteroatoms. The first-order valence-electron chi connectivity index (χ1n) is 6.20. The molecule has 0 amide bonds. The second-order valence-corrected chi connectivity index (χ2v) is 4.87. The molecule has 1 fully saturated rings. The summed E-state index contributed by atoms with van der Waals surface area (Å²) < 4.78 is 7.47. The van der Waals surface area contributed by atoms with Crippen molar-refractivity contribution in [3.05, 3.63) is 12.2 Å². The van der Waals surface area contributed by atoms with Gasteiger partial charge in [-0.25, -0.2) is 9.67 Å². The number of rotatable bonds is 5. The molecule has 0 aromatic carbocycles. The maximum atomic E-state index is 5.63. The highest BCUT2D eigenvalue weighted by Gasteiger charge is 2.23. The molecule has 0 spiro atoms. The van der Waals surface area contributed by atoms with Crippen LogP contribution in [0.25, 0.3) is 0 Å².